The molecule has 0 fully saturated rings. The van der Waals surface area contributed by atoms with Crippen molar-refractivity contribution >= 4 is 11.8 Å². The maximum atomic E-state index is 11.7. The SMILES string of the molecule is O=C(CC[n+]1ccccc1)NCCNC(=O)CC[n+]1ccccc1. The minimum atomic E-state index is -0.0135. The fourth-order valence-electron chi connectivity index (χ4n) is 2.21. The Morgan fingerprint density at radius 3 is 1.38 bits per heavy atom. The number of carbonyl (C=O) groups excluding carboxylic acids is 2. The van der Waals surface area contributed by atoms with Crippen molar-refractivity contribution in [3.05, 3.63) is 61.2 Å². The van der Waals surface area contributed by atoms with Crippen molar-refractivity contribution in [2.75, 3.05) is 13.1 Å². The molecule has 0 aliphatic carbocycles. The minimum Gasteiger partial charge on any atom is -0.354 e. The van der Waals surface area contributed by atoms with Gasteiger partial charge in [-0.05, 0) is 0 Å². The van der Waals surface area contributed by atoms with Crippen molar-refractivity contribution < 1.29 is 18.7 Å². The van der Waals surface area contributed by atoms with Gasteiger partial charge in [-0.1, -0.05) is 12.1 Å². The first-order chi connectivity index (χ1) is 11.7. The highest BCUT2D eigenvalue weighted by atomic mass is 16.2. The Morgan fingerprint density at radius 2 is 1.00 bits per heavy atom. The molecule has 0 aromatic carbocycles. The third-order valence-corrected chi connectivity index (χ3v) is 3.52. The Labute approximate surface area is 142 Å². The number of aromatic nitrogens is 2. The summed E-state index contributed by atoms with van der Waals surface area (Å²) in [4.78, 5) is 23.5. The molecule has 2 heterocycles. The zero-order valence-corrected chi connectivity index (χ0v) is 13.7. The molecule has 6 heteroatoms. The van der Waals surface area contributed by atoms with Crippen LogP contribution < -0.4 is 19.8 Å². The van der Waals surface area contributed by atoms with E-state index in [0.717, 1.165) is 0 Å². The Kier molecular flexibility index (Phi) is 7.40. The quantitative estimate of drug-likeness (QED) is 0.502. The molecule has 0 radical (unpaired) electrons. The van der Waals surface area contributed by atoms with E-state index in [9.17, 15) is 9.59 Å². The molecule has 0 spiro atoms. The molecule has 0 atom stereocenters. The van der Waals surface area contributed by atoms with E-state index in [1.165, 1.54) is 0 Å². The molecule has 2 aromatic rings. The van der Waals surface area contributed by atoms with Crippen LogP contribution in [0.25, 0.3) is 0 Å². The van der Waals surface area contributed by atoms with Crippen molar-refractivity contribution in [1.29, 1.82) is 0 Å². The summed E-state index contributed by atoms with van der Waals surface area (Å²) in [6, 6.07) is 11.6. The predicted molar refractivity (Wildman–Crippen MR) is 88.5 cm³/mol. The number of carbonyl (C=O) groups is 2. The molecule has 0 bridgehead atoms. The smallest absolute Gasteiger partial charge is 0.226 e. The van der Waals surface area contributed by atoms with Crippen LogP contribution in [0.1, 0.15) is 12.8 Å². The Morgan fingerprint density at radius 1 is 0.625 bits per heavy atom. The molecule has 126 valence electrons. The average Bonchev–Trinajstić information content (AvgIpc) is 2.63. The summed E-state index contributed by atoms with van der Waals surface area (Å²) in [5, 5.41) is 5.62. The third-order valence-electron chi connectivity index (χ3n) is 3.52. The summed E-state index contributed by atoms with van der Waals surface area (Å²) in [6.45, 7) is 2.19. The van der Waals surface area contributed by atoms with Crippen molar-refractivity contribution in [3.63, 3.8) is 0 Å². The average molecular weight is 328 g/mol. The lowest BCUT2D eigenvalue weighted by atomic mass is 10.3. The maximum Gasteiger partial charge on any atom is 0.226 e. The first-order valence-corrected chi connectivity index (χ1v) is 8.15. The van der Waals surface area contributed by atoms with Crippen LogP contribution >= 0.6 is 0 Å². The van der Waals surface area contributed by atoms with Crippen molar-refractivity contribution in [2.24, 2.45) is 0 Å². The van der Waals surface area contributed by atoms with Gasteiger partial charge in [0.25, 0.3) is 0 Å². The zero-order chi connectivity index (χ0) is 17.0. The summed E-state index contributed by atoms with van der Waals surface area (Å²) in [5.74, 6) is -0.0270. The van der Waals surface area contributed by atoms with Gasteiger partial charge in [0.05, 0.1) is 12.8 Å². The van der Waals surface area contributed by atoms with Crippen LogP contribution in [0.4, 0.5) is 0 Å². The number of nitrogens with one attached hydrogen (secondary N) is 2. The fourth-order valence-corrected chi connectivity index (χ4v) is 2.21. The topological polar surface area (TPSA) is 66.0 Å². The molecule has 2 aromatic heterocycles. The summed E-state index contributed by atoms with van der Waals surface area (Å²) in [6.07, 6.45) is 8.56. The molecule has 2 amide bonds. The second-order valence-corrected chi connectivity index (χ2v) is 5.43. The molecule has 2 N–H and O–H groups in total. The summed E-state index contributed by atoms with van der Waals surface area (Å²) >= 11 is 0. The number of pyridine rings is 2. The van der Waals surface area contributed by atoms with Gasteiger partial charge in [-0.25, -0.2) is 9.13 Å². The van der Waals surface area contributed by atoms with Crippen LogP contribution in [-0.2, 0) is 22.7 Å². The van der Waals surface area contributed by atoms with E-state index in [1.54, 1.807) is 0 Å². The number of aryl methyl sites for hydroxylation is 2. The Balaban J connectivity index is 1.52. The molecule has 0 aliphatic heterocycles. The molecule has 0 aliphatic rings. The first kappa shape index (κ1) is 17.6. The second kappa shape index (κ2) is 10.1. The summed E-state index contributed by atoms with van der Waals surface area (Å²) < 4.78 is 3.92. The number of amides is 2. The highest BCUT2D eigenvalue weighted by Gasteiger charge is 2.07. The Bertz CT molecular complexity index is 574. The first-order valence-electron chi connectivity index (χ1n) is 8.15. The van der Waals surface area contributed by atoms with Crippen molar-refractivity contribution in [3.8, 4) is 0 Å². The number of nitrogens with zero attached hydrogens (tertiary/aromatic N) is 2. The monoisotopic (exact) mass is 328 g/mol. The third kappa shape index (κ3) is 7.00. The van der Waals surface area contributed by atoms with Crippen LogP contribution in [0, 0.1) is 0 Å². The molecule has 6 nitrogen and oxygen atoms in total. The Hall–Kier alpha value is -2.76. The van der Waals surface area contributed by atoms with Gasteiger partial charge < -0.3 is 10.6 Å². The van der Waals surface area contributed by atoms with Crippen LogP contribution in [0.15, 0.2) is 61.2 Å². The van der Waals surface area contributed by atoms with E-state index in [1.807, 2.05) is 70.3 Å². The van der Waals surface area contributed by atoms with Crippen LogP contribution in [0.3, 0.4) is 0 Å². The highest BCUT2D eigenvalue weighted by Crippen LogP contribution is 1.84. The molecule has 0 saturated heterocycles. The van der Waals surface area contributed by atoms with Crippen LogP contribution in [0.2, 0.25) is 0 Å². The van der Waals surface area contributed by atoms with Gasteiger partial charge in [-0.2, -0.15) is 0 Å². The van der Waals surface area contributed by atoms with Gasteiger partial charge in [0.2, 0.25) is 11.8 Å². The van der Waals surface area contributed by atoms with E-state index in [2.05, 4.69) is 10.6 Å². The lowest BCUT2D eigenvalue weighted by Crippen LogP contribution is -2.40. The van der Waals surface area contributed by atoms with E-state index < -0.39 is 0 Å². The van der Waals surface area contributed by atoms with E-state index in [-0.39, 0.29) is 11.8 Å². The number of hydrogen-bond donors (Lipinski definition) is 2. The second-order valence-electron chi connectivity index (χ2n) is 5.43. The molecule has 0 saturated carbocycles. The summed E-state index contributed by atoms with van der Waals surface area (Å²) in [7, 11) is 0. The van der Waals surface area contributed by atoms with E-state index in [4.69, 9.17) is 0 Å². The van der Waals surface area contributed by atoms with Gasteiger partial charge in [0.15, 0.2) is 37.9 Å². The molecular formula is C18H24N4O2+2. The number of rotatable bonds is 9. The van der Waals surface area contributed by atoms with Crippen molar-refractivity contribution in [2.45, 2.75) is 25.9 Å². The standard InChI is InChI=1S/C18H22N4O2/c23-17(7-15-21-11-3-1-4-12-21)19-9-10-20-18(24)8-16-22-13-5-2-6-14-22/h1-6,11-14H,7-10,15-16H2/p+2. The number of hydrogen-bond acceptors (Lipinski definition) is 2. The summed E-state index contributed by atoms with van der Waals surface area (Å²) in [5.41, 5.74) is 0. The van der Waals surface area contributed by atoms with Gasteiger partial charge in [0, 0.05) is 37.4 Å². The van der Waals surface area contributed by atoms with Crippen LogP contribution in [0.5, 0.6) is 0 Å². The minimum absolute atomic E-state index is 0.0135. The van der Waals surface area contributed by atoms with Gasteiger partial charge in [-0.15, -0.1) is 0 Å². The highest BCUT2D eigenvalue weighted by molar-refractivity contribution is 5.76. The van der Waals surface area contributed by atoms with E-state index in [0.29, 0.717) is 39.0 Å². The molecule has 2 rings (SSSR count). The van der Waals surface area contributed by atoms with E-state index >= 15 is 0 Å². The molecule has 24 heavy (non-hydrogen) atoms. The van der Waals surface area contributed by atoms with Gasteiger partial charge in [-0.3, -0.25) is 9.59 Å². The normalized spacial score (nSPS) is 10.2. The molecular weight excluding hydrogens is 304 g/mol. The van der Waals surface area contributed by atoms with Gasteiger partial charge in [0.1, 0.15) is 0 Å². The largest absolute Gasteiger partial charge is 0.354 e. The van der Waals surface area contributed by atoms with Crippen molar-refractivity contribution in [1.82, 2.24) is 10.6 Å². The molecule has 0 unspecified atom stereocenters. The zero-order valence-electron chi connectivity index (χ0n) is 13.7. The lowest BCUT2D eigenvalue weighted by molar-refractivity contribution is -0.696. The lowest BCUT2D eigenvalue weighted by Gasteiger charge is -2.06. The fraction of sp³-hybridized carbons (Fsp3) is 0.333. The predicted octanol–water partition coefficient (Wildman–Crippen LogP) is -0.0256. The van der Waals surface area contributed by atoms with Gasteiger partial charge >= 0.3 is 0 Å². The van der Waals surface area contributed by atoms with Crippen LogP contribution in [-0.4, -0.2) is 24.9 Å². The maximum absolute atomic E-state index is 11.7.